The maximum atomic E-state index is 6.04. The minimum Gasteiger partial charge on any atom is -0.314 e. The van der Waals surface area contributed by atoms with E-state index in [0.29, 0.717) is 0 Å². The largest absolute Gasteiger partial charge is 0.314 e. The van der Waals surface area contributed by atoms with E-state index in [1.807, 2.05) is 6.20 Å². The van der Waals surface area contributed by atoms with Gasteiger partial charge in [0.25, 0.3) is 0 Å². The highest BCUT2D eigenvalue weighted by molar-refractivity contribution is 6.31. The molecule has 2 rings (SSSR count). The maximum Gasteiger partial charge on any atom is 0.0621 e. The molecule has 1 aliphatic heterocycles. The third-order valence-corrected chi connectivity index (χ3v) is 3.24. The zero-order chi connectivity index (χ0) is 10.7. The van der Waals surface area contributed by atoms with Crippen LogP contribution in [0.25, 0.3) is 0 Å². The Morgan fingerprint density at radius 2 is 2.13 bits per heavy atom. The van der Waals surface area contributed by atoms with Crippen LogP contribution < -0.4 is 5.32 Å². The third-order valence-electron chi connectivity index (χ3n) is 2.86. The van der Waals surface area contributed by atoms with Gasteiger partial charge >= 0.3 is 0 Å². The van der Waals surface area contributed by atoms with Crippen LogP contribution in [0.2, 0.25) is 5.02 Å². The van der Waals surface area contributed by atoms with Gasteiger partial charge in [0.2, 0.25) is 0 Å². The van der Waals surface area contributed by atoms with Crippen molar-refractivity contribution in [3.8, 4) is 0 Å². The molecule has 0 amide bonds. The first kappa shape index (κ1) is 10.9. The molecule has 0 radical (unpaired) electrons. The van der Waals surface area contributed by atoms with Crippen molar-refractivity contribution in [2.24, 2.45) is 0 Å². The molecule has 0 unspecified atom stereocenters. The molecule has 15 heavy (non-hydrogen) atoms. The van der Waals surface area contributed by atoms with Crippen molar-refractivity contribution in [3.63, 3.8) is 0 Å². The van der Waals surface area contributed by atoms with E-state index >= 15 is 0 Å². The second-order valence-corrected chi connectivity index (χ2v) is 4.34. The van der Waals surface area contributed by atoms with Crippen LogP contribution in [-0.2, 0) is 6.54 Å². The van der Waals surface area contributed by atoms with E-state index in [0.717, 1.165) is 43.3 Å². The topological polar surface area (TPSA) is 28.2 Å². The zero-order valence-electron chi connectivity index (χ0n) is 8.96. The van der Waals surface area contributed by atoms with Crippen LogP contribution in [0.15, 0.2) is 12.4 Å². The predicted octanol–water partition coefficient (Wildman–Crippen LogP) is 1.45. The van der Waals surface area contributed by atoms with Crippen molar-refractivity contribution >= 4 is 11.6 Å². The zero-order valence-corrected chi connectivity index (χ0v) is 9.72. The number of halogens is 1. The molecule has 1 aliphatic rings. The lowest BCUT2D eigenvalue weighted by molar-refractivity contribution is 0.232. The van der Waals surface area contributed by atoms with E-state index in [4.69, 9.17) is 11.6 Å². The lowest BCUT2D eigenvalue weighted by atomic mass is 10.1. The van der Waals surface area contributed by atoms with Crippen molar-refractivity contribution in [2.75, 3.05) is 26.2 Å². The molecule has 1 aromatic rings. The van der Waals surface area contributed by atoms with Gasteiger partial charge in [0, 0.05) is 45.1 Å². The van der Waals surface area contributed by atoms with Crippen LogP contribution in [0.4, 0.5) is 0 Å². The lowest BCUT2D eigenvalue weighted by Gasteiger charge is -2.27. The second-order valence-electron chi connectivity index (χ2n) is 3.93. The Balaban J connectivity index is 2.06. The van der Waals surface area contributed by atoms with Crippen LogP contribution in [0.5, 0.6) is 0 Å². The Hall–Kier alpha value is -0.640. The molecule has 1 N–H and O–H groups in total. The molecule has 82 valence electrons. The van der Waals surface area contributed by atoms with Gasteiger partial charge in [-0.15, -0.1) is 0 Å². The summed E-state index contributed by atoms with van der Waals surface area (Å²) in [4.78, 5) is 6.56. The summed E-state index contributed by atoms with van der Waals surface area (Å²) in [7, 11) is 0. The second kappa shape index (κ2) is 4.92. The fourth-order valence-electron chi connectivity index (χ4n) is 1.81. The van der Waals surface area contributed by atoms with Crippen molar-refractivity contribution in [2.45, 2.75) is 13.5 Å². The fraction of sp³-hybridized carbons (Fsp3) is 0.545. The number of nitrogens with zero attached hydrogens (tertiary/aromatic N) is 2. The molecule has 0 saturated carbocycles. The minimum atomic E-state index is 0.766. The van der Waals surface area contributed by atoms with Crippen LogP contribution in [0.1, 0.15) is 11.1 Å². The summed E-state index contributed by atoms with van der Waals surface area (Å²) in [5, 5.41) is 4.11. The Morgan fingerprint density at radius 1 is 1.40 bits per heavy atom. The quantitative estimate of drug-likeness (QED) is 0.826. The number of pyridine rings is 1. The summed E-state index contributed by atoms with van der Waals surface area (Å²) in [6.45, 7) is 7.38. The van der Waals surface area contributed by atoms with Gasteiger partial charge in [-0.25, -0.2) is 0 Å². The summed E-state index contributed by atoms with van der Waals surface area (Å²) >= 11 is 6.04. The van der Waals surface area contributed by atoms with Gasteiger partial charge in [-0.1, -0.05) is 11.6 Å². The first-order chi connectivity index (χ1) is 7.27. The molecular weight excluding hydrogens is 210 g/mol. The number of piperazine rings is 1. The average molecular weight is 226 g/mol. The maximum absolute atomic E-state index is 6.04. The Kier molecular flexibility index (Phi) is 3.57. The van der Waals surface area contributed by atoms with Crippen LogP contribution >= 0.6 is 11.6 Å². The van der Waals surface area contributed by atoms with Crippen LogP contribution in [0, 0.1) is 6.92 Å². The van der Waals surface area contributed by atoms with Crippen LogP contribution in [0.3, 0.4) is 0 Å². The molecule has 4 heteroatoms. The summed E-state index contributed by atoms with van der Waals surface area (Å²) in [5.41, 5.74) is 2.40. The van der Waals surface area contributed by atoms with Gasteiger partial charge in [0.1, 0.15) is 0 Å². The molecule has 1 saturated heterocycles. The molecule has 0 bridgehead atoms. The molecule has 2 heterocycles. The lowest BCUT2D eigenvalue weighted by Crippen LogP contribution is -2.43. The first-order valence-electron chi connectivity index (χ1n) is 5.29. The molecular formula is C11H16ClN3. The molecule has 3 nitrogen and oxygen atoms in total. The van der Waals surface area contributed by atoms with E-state index in [1.165, 1.54) is 5.56 Å². The van der Waals surface area contributed by atoms with Gasteiger partial charge in [0.05, 0.1) is 5.02 Å². The average Bonchev–Trinajstić information content (AvgIpc) is 2.26. The Bertz CT molecular complexity index is 335. The van der Waals surface area contributed by atoms with Gasteiger partial charge in [-0.2, -0.15) is 0 Å². The molecule has 1 fully saturated rings. The monoisotopic (exact) mass is 225 g/mol. The highest BCUT2D eigenvalue weighted by atomic mass is 35.5. The fourth-order valence-corrected chi connectivity index (χ4v) is 1.99. The van der Waals surface area contributed by atoms with Gasteiger partial charge < -0.3 is 5.32 Å². The number of hydrogen-bond acceptors (Lipinski definition) is 3. The number of hydrogen-bond donors (Lipinski definition) is 1. The van der Waals surface area contributed by atoms with Crippen molar-refractivity contribution in [3.05, 3.63) is 28.5 Å². The number of nitrogens with one attached hydrogen (secondary N) is 1. The van der Waals surface area contributed by atoms with Crippen molar-refractivity contribution in [1.82, 2.24) is 15.2 Å². The highest BCUT2D eigenvalue weighted by Gasteiger charge is 2.12. The first-order valence-corrected chi connectivity index (χ1v) is 5.67. The third kappa shape index (κ3) is 2.68. The number of aromatic nitrogens is 1. The van der Waals surface area contributed by atoms with Crippen LogP contribution in [-0.4, -0.2) is 36.1 Å². The minimum absolute atomic E-state index is 0.766. The summed E-state index contributed by atoms with van der Waals surface area (Å²) in [5.74, 6) is 0. The van der Waals surface area contributed by atoms with E-state index in [2.05, 4.69) is 22.1 Å². The Labute approximate surface area is 95.4 Å². The summed E-state index contributed by atoms with van der Waals surface area (Å²) in [6, 6.07) is 0. The molecule has 0 spiro atoms. The molecule has 0 atom stereocenters. The van der Waals surface area contributed by atoms with Crippen molar-refractivity contribution in [1.29, 1.82) is 0 Å². The van der Waals surface area contributed by atoms with Crippen molar-refractivity contribution < 1.29 is 0 Å². The normalized spacial score (nSPS) is 18.0. The molecule has 1 aromatic heterocycles. The standard InChI is InChI=1S/C11H16ClN3/c1-9-10(6-14-7-11(9)12)8-15-4-2-13-3-5-15/h6-7,13H,2-5,8H2,1H3. The molecule has 0 aliphatic carbocycles. The van der Waals surface area contributed by atoms with Gasteiger partial charge in [-0.3, -0.25) is 9.88 Å². The number of rotatable bonds is 2. The van der Waals surface area contributed by atoms with E-state index < -0.39 is 0 Å². The predicted molar refractivity (Wildman–Crippen MR) is 62.1 cm³/mol. The van der Waals surface area contributed by atoms with E-state index in [-0.39, 0.29) is 0 Å². The van der Waals surface area contributed by atoms with Gasteiger partial charge in [-0.05, 0) is 18.1 Å². The van der Waals surface area contributed by atoms with E-state index in [1.54, 1.807) is 6.20 Å². The van der Waals surface area contributed by atoms with Gasteiger partial charge in [0.15, 0.2) is 0 Å². The molecule has 0 aromatic carbocycles. The summed E-state index contributed by atoms with van der Waals surface area (Å²) in [6.07, 6.45) is 3.63. The van der Waals surface area contributed by atoms with E-state index in [9.17, 15) is 0 Å². The SMILES string of the molecule is Cc1c(Cl)cncc1CN1CCNCC1. The highest BCUT2D eigenvalue weighted by Crippen LogP contribution is 2.18. The smallest absolute Gasteiger partial charge is 0.0621 e. The Morgan fingerprint density at radius 3 is 2.87 bits per heavy atom. The summed E-state index contributed by atoms with van der Waals surface area (Å²) < 4.78 is 0.